The highest BCUT2D eigenvalue weighted by atomic mass is 16.2. The lowest BCUT2D eigenvalue weighted by Crippen LogP contribution is -2.52. The molecule has 1 saturated heterocycles. The number of nitrogen functional groups attached to an aromatic ring is 1. The fourth-order valence-electron chi connectivity index (χ4n) is 3.87. The number of nitrogens with two attached hydrogens (primary N) is 1. The van der Waals surface area contributed by atoms with Crippen molar-refractivity contribution in [2.45, 2.75) is 45.1 Å². The second-order valence-corrected chi connectivity index (χ2v) is 7.25. The lowest BCUT2D eigenvalue weighted by Gasteiger charge is -2.41. The number of anilines is 1. The van der Waals surface area contributed by atoms with Crippen LogP contribution >= 0.6 is 0 Å². The first kappa shape index (κ1) is 16.3. The molecule has 1 aromatic carbocycles. The van der Waals surface area contributed by atoms with Gasteiger partial charge < -0.3 is 10.6 Å². The molecular weight excluding hydrogens is 286 g/mol. The minimum absolute atomic E-state index is 0.242. The van der Waals surface area contributed by atoms with Crippen LogP contribution in [0.5, 0.6) is 0 Å². The van der Waals surface area contributed by atoms with Gasteiger partial charge >= 0.3 is 0 Å². The molecule has 126 valence electrons. The summed E-state index contributed by atoms with van der Waals surface area (Å²) in [4.78, 5) is 17.1. The van der Waals surface area contributed by atoms with E-state index in [1.807, 2.05) is 29.2 Å². The Kier molecular flexibility index (Phi) is 5.21. The standard InChI is InChI=1S/C19H29N3O/c1-15-2-8-18(9-3-15)21-10-12-22(13-11-21)19(23)14-16-4-6-17(20)7-5-16/h4-7,15,18H,2-3,8-14,20H2,1H3. The van der Waals surface area contributed by atoms with Crippen LogP contribution in [0.4, 0.5) is 5.69 Å². The molecule has 4 heteroatoms. The molecule has 0 aromatic heterocycles. The summed E-state index contributed by atoms with van der Waals surface area (Å²) in [6.45, 7) is 6.18. The zero-order valence-electron chi connectivity index (χ0n) is 14.2. The normalized spacial score (nSPS) is 26.2. The van der Waals surface area contributed by atoms with E-state index in [-0.39, 0.29) is 5.91 Å². The predicted octanol–water partition coefficient (Wildman–Crippen LogP) is 2.53. The van der Waals surface area contributed by atoms with Crippen molar-refractivity contribution in [1.29, 1.82) is 0 Å². The van der Waals surface area contributed by atoms with Crippen molar-refractivity contribution in [2.24, 2.45) is 5.92 Å². The number of carbonyl (C=O) groups is 1. The maximum absolute atomic E-state index is 12.5. The molecule has 4 nitrogen and oxygen atoms in total. The fraction of sp³-hybridized carbons (Fsp3) is 0.632. The first-order valence-corrected chi connectivity index (χ1v) is 8.98. The molecule has 3 rings (SSSR count). The number of carbonyl (C=O) groups excluding carboxylic acids is 1. The van der Waals surface area contributed by atoms with Gasteiger partial charge in [0.2, 0.25) is 5.91 Å². The zero-order valence-corrected chi connectivity index (χ0v) is 14.2. The minimum Gasteiger partial charge on any atom is -0.399 e. The van der Waals surface area contributed by atoms with Crippen LogP contribution in [-0.2, 0) is 11.2 Å². The number of hydrogen-bond acceptors (Lipinski definition) is 3. The summed E-state index contributed by atoms with van der Waals surface area (Å²) < 4.78 is 0. The van der Waals surface area contributed by atoms with Crippen LogP contribution in [0.2, 0.25) is 0 Å². The van der Waals surface area contributed by atoms with Gasteiger partial charge in [-0.05, 0) is 49.3 Å². The van der Waals surface area contributed by atoms with Crippen molar-refractivity contribution in [3.8, 4) is 0 Å². The summed E-state index contributed by atoms with van der Waals surface area (Å²) in [6, 6.07) is 8.38. The molecule has 0 bridgehead atoms. The molecule has 23 heavy (non-hydrogen) atoms. The van der Waals surface area contributed by atoms with Crippen molar-refractivity contribution >= 4 is 11.6 Å². The summed E-state index contributed by atoms with van der Waals surface area (Å²) in [6.07, 6.45) is 5.88. The molecule has 1 amide bonds. The highest BCUT2D eigenvalue weighted by molar-refractivity contribution is 5.79. The first-order chi connectivity index (χ1) is 11.1. The number of piperazine rings is 1. The summed E-state index contributed by atoms with van der Waals surface area (Å²) in [5.41, 5.74) is 7.49. The van der Waals surface area contributed by atoms with Gasteiger partial charge in [0.05, 0.1) is 6.42 Å². The van der Waals surface area contributed by atoms with Crippen LogP contribution in [0.25, 0.3) is 0 Å². The van der Waals surface area contributed by atoms with E-state index in [1.54, 1.807) is 0 Å². The monoisotopic (exact) mass is 315 g/mol. The SMILES string of the molecule is CC1CCC(N2CCN(C(=O)Cc3ccc(N)cc3)CC2)CC1. The first-order valence-electron chi connectivity index (χ1n) is 8.98. The highest BCUT2D eigenvalue weighted by Crippen LogP contribution is 2.27. The minimum atomic E-state index is 0.242. The van der Waals surface area contributed by atoms with E-state index in [0.717, 1.165) is 49.4 Å². The molecule has 1 heterocycles. The van der Waals surface area contributed by atoms with Gasteiger partial charge in [0.1, 0.15) is 0 Å². The molecule has 0 radical (unpaired) electrons. The number of rotatable bonds is 3. The number of hydrogen-bond donors (Lipinski definition) is 1. The summed E-state index contributed by atoms with van der Waals surface area (Å²) in [5.74, 6) is 1.14. The molecule has 1 aliphatic heterocycles. The maximum atomic E-state index is 12.5. The van der Waals surface area contributed by atoms with E-state index in [9.17, 15) is 4.79 Å². The largest absolute Gasteiger partial charge is 0.399 e. The van der Waals surface area contributed by atoms with Crippen LogP contribution < -0.4 is 5.73 Å². The fourth-order valence-corrected chi connectivity index (χ4v) is 3.87. The van der Waals surface area contributed by atoms with Crippen LogP contribution in [0.15, 0.2) is 24.3 Å². The molecule has 0 atom stereocenters. The van der Waals surface area contributed by atoms with E-state index in [4.69, 9.17) is 5.73 Å². The molecule has 2 aliphatic rings. The van der Waals surface area contributed by atoms with Crippen LogP contribution in [0.3, 0.4) is 0 Å². The van der Waals surface area contributed by atoms with E-state index in [0.29, 0.717) is 6.42 Å². The quantitative estimate of drug-likeness (QED) is 0.872. The van der Waals surface area contributed by atoms with Gasteiger partial charge in [-0.3, -0.25) is 9.69 Å². The third-order valence-electron chi connectivity index (χ3n) is 5.50. The van der Waals surface area contributed by atoms with Crippen LogP contribution in [0.1, 0.15) is 38.2 Å². The molecule has 1 saturated carbocycles. The van der Waals surface area contributed by atoms with E-state index in [2.05, 4.69) is 11.8 Å². The van der Waals surface area contributed by atoms with Gasteiger partial charge in [0.15, 0.2) is 0 Å². The molecule has 1 aromatic rings. The van der Waals surface area contributed by atoms with Crippen LogP contribution in [-0.4, -0.2) is 47.9 Å². The molecule has 0 unspecified atom stereocenters. The Morgan fingerprint density at radius 2 is 1.65 bits per heavy atom. The van der Waals surface area contributed by atoms with Crippen molar-refractivity contribution < 1.29 is 4.79 Å². The van der Waals surface area contributed by atoms with Crippen molar-refractivity contribution in [3.05, 3.63) is 29.8 Å². The van der Waals surface area contributed by atoms with Gasteiger partial charge in [0.25, 0.3) is 0 Å². The average Bonchev–Trinajstić information content (AvgIpc) is 2.58. The number of nitrogens with zero attached hydrogens (tertiary/aromatic N) is 2. The summed E-state index contributed by atoms with van der Waals surface area (Å²) >= 11 is 0. The molecule has 2 N–H and O–H groups in total. The zero-order chi connectivity index (χ0) is 16.2. The van der Waals surface area contributed by atoms with Gasteiger partial charge in [0, 0.05) is 37.9 Å². The van der Waals surface area contributed by atoms with Crippen LogP contribution in [0, 0.1) is 5.92 Å². The lowest BCUT2D eigenvalue weighted by atomic mass is 9.86. The molecule has 1 aliphatic carbocycles. The van der Waals surface area contributed by atoms with Gasteiger partial charge in [-0.1, -0.05) is 19.1 Å². The lowest BCUT2D eigenvalue weighted by molar-refractivity contribution is -0.132. The maximum Gasteiger partial charge on any atom is 0.227 e. The van der Waals surface area contributed by atoms with Crippen molar-refractivity contribution in [1.82, 2.24) is 9.80 Å². The van der Waals surface area contributed by atoms with Gasteiger partial charge in [-0.15, -0.1) is 0 Å². The Hall–Kier alpha value is -1.55. The van der Waals surface area contributed by atoms with Gasteiger partial charge in [-0.25, -0.2) is 0 Å². The highest BCUT2D eigenvalue weighted by Gasteiger charge is 2.28. The Morgan fingerprint density at radius 1 is 1.04 bits per heavy atom. The summed E-state index contributed by atoms with van der Waals surface area (Å²) in [5, 5.41) is 0. The average molecular weight is 315 g/mol. The van der Waals surface area contributed by atoms with E-state index >= 15 is 0 Å². The topological polar surface area (TPSA) is 49.6 Å². The smallest absolute Gasteiger partial charge is 0.227 e. The third-order valence-corrected chi connectivity index (χ3v) is 5.50. The number of amides is 1. The van der Waals surface area contributed by atoms with E-state index < -0.39 is 0 Å². The summed E-state index contributed by atoms with van der Waals surface area (Å²) in [7, 11) is 0. The molecular formula is C19H29N3O. The Labute approximate surface area is 139 Å². The predicted molar refractivity (Wildman–Crippen MR) is 94.1 cm³/mol. The number of benzene rings is 1. The third kappa shape index (κ3) is 4.25. The van der Waals surface area contributed by atoms with Crippen molar-refractivity contribution in [2.75, 3.05) is 31.9 Å². The second-order valence-electron chi connectivity index (χ2n) is 7.25. The molecule has 2 fully saturated rings. The second kappa shape index (κ2) is 7.35. The Morgan fingerprint density at radius 3 is 2.26 bits per heavy atom. The Bertz CT molecular complexity index is 512. The Balaban J connectivity index is 1.46. The van der Waals surface area contributed by atoms with Gasteiger partial charge in [-0.2, -0.15) is 0 Å². The van der Waals surface area contributed by atoms with Crippen molar-refractivity contribution in [3.63, 3.8) is 0 Å². The van der Waals surface area contributed by atoms with E-state index in [1.165, 1.54) is 25.7 Å². The molecule has 0 spiro atoms.